The third-order valence-corrected chi connectivity index (χ3v) is 5.28. The number of nitrogen functional groups attached to an aromatic ring is 1. The summed E-state index contributed by atoms with van der Waals surface area (Å²) in [4.78, 5) is 3.90. The van der Waals surface area contributed by atoms with Crippen molar-refractivity contribution in [2.45, 2.75) is 42.1 Å². The summed E-state index contributed by atoms with van der Waals surface area (Å²) in [6, 6.07) is 4.60. The van der Waals surface area contributed by atoms with Crippen molar-refractivity contribution in [2.24, 2.45) is 4.99 Å². The number of benzene rings is 1. The van der Waals surface area contributed by atoms with Crippen molar-refractivity contribution in [3.8, 4) is 5.75 Å². The number of nitrogens with two attached hydrogens (primary N) is 1. The molecule has 1 aromatic carbocycles. The summed E-state index contributed by atoms with van der Waals surface area (Å²) in [7, 11) is 1.50. The monoisotopic (exact) mass is 393 g/mol. The topological polar surface area (TPSA) is 109 Å². The van der Waals surface area contributed by atoms with Crippen molar-refractivity contribution < 1.29 is 32.9 Å². The average Bonchev–Trinajstić information content (AvgIpc) is 3.00. The molecule has 1 aromatic rings. The molecular formula is C15H18F3N3O4S. The number of aliphatic imine (C=N–C) groups is 1. The maximum Gasteiger partial charge on any atom is 0.428 e. The molecule has 0 amide bonds. The number of nitrogens with zero attached hydrogens (tertiary/aromatic N) is 1. The van der Waals surface area contributed by atoms with Gasteiger partial charge in [0.15, 0.2) is 5.17 Å². The Kier molecular flexibility index (Phi) is 5.24. The lowest BCUT2D eigenvalue weighted by Gasteiger charge is -2.42. The van der Waals surface area contributed by atoms with E-state index >= 15 is 0 Å². The molecule has 2 heterocycles. The number of aliphatic hydroxyl groups is 2. The van der Waals surface area contributed by atoms with E-state index in [2.05, 4.69) is 10.3 Å². The fourth-order valence-corrected chi connectivity index (χ4v) is 3.90. The molecule has 2 aliphatic rings. The Labute approximate surface area is 151 Å². The van der Waals surface area contributed by atoms with Crippen LogP contribution in [0.2, 0.25) is 0 Å². The largest absolute Gasteiger partial charge is 0.478 e. The van der Waals surface area contributed by atoms with Gasteiger partial charge >= 0.3 is 6.18 Å². The predicted molar refractivity (Wildman–Crippen MR) is 89.9 cm³/mol. The van der Waals surface area contributed by atoms with E-state index in [1.807, 2.05) is 0 Å². The molecule has 11 heteroatoms. The third-order valence-electron chi connectivity index (χ3n) is 4.12. The highest BCUT2D eigenvalue weighted by molar-refractivity contribution is 8.14. The number of nitrogens with one attached hydrogen (secondary N) is 1. The van der Waals surface area contributed by atoms with Crippen LogP contribution >= 0.6 is 11.8 Å². The number of amidine groups is 1. The highest BCUT2D eigenvalue weighted by atomic mass is 32.2. The first kappa shape index (κ1) is 19.1. The molecule has 0 radical (unpaired) electrons. The molecular weight excluding hydrogens is 375 g/mol. The van der Waals surface area contributed by atoms with Gasteiger partial charge in [0.2, 0.25) is 6.10 Å². The first-order chi connectivity index (χ1) is 12.2. The van der Waals surface area contributed by atoms with E-state index in [1.54, 1.807) is 0 Å². The SMILES string of the molecule is CN=C1N[C@@H]2[C@@H](O)[C@H](O)C([C@@H](Oc3ccc(N)cc3)C(F)(F)F)O[C@@H]2S1. The number of alkyl halides is 3. The number of halogens is 3. The summed E-state index contributed by atoms with van der Waals surface area (Å²) in [5.41, 5.74) is 5.05. The number of ether oxygens (including phenoxy) is 2. The van der Waals surface area contributed by atoms with Gasteiger partial charge in [0.25, 0.3) is 0 Å². The zero-order chi connectivity index (χ0) is 19.1. The maximum atomic E-state index is 13.6. The van der Waals surface area contributed by atoms with Crippen LogP contribution in [0.4, 0.5) is 18.9 Å². The van der Waals surface area contributed by atoms with Crippen molar-refractivity contribution in [3.63, 3.8) is 0 Å². The molecule has 1 unspecified atom stereocenters. The first-order valence-electron chi connectivity index (χ1n) is 7.71. The smallest absolute Gasteiger partial charge is 0.428 e. The molecule has 6 atom stereocenters. The van der Waals surface area contributed by atoms with Crippen LogP contribution in [0.25, 0.3) is 0 Å². The van der Waals surface area contributed by atoms with Crippen LogP contribution in [0.3, 0.4) is 0 Å². The summed E-state index contributed by atoms with van der Waals surface area (Å²) in [5, 5.41) is 23.7. The van der Waals surface area contributed by atoms with Crippen LogP contribution in [-0.4, -0.2) is 64.5 Å². The quantitative estimate of drug-likeness (QED) is 0.560. The number of fused-ring (bicyclic) bond motifs is 1. The Morgan fingerprint density at radius 2 is 1.92 bits per heavy atom. The highest BCUT2D eigenvalue weighted by Crippen LogP contribution is 2.39. The number of anilines is 1. The number of aliphatic hydroxyl groups excluding tert-OH is 2. The van der Waals surface area contributed by atoms with E-state index < -0.39 is 42.1 Å². The zero-order valence-electron chi connectivity index (χ0n) is 13.6. The standard InChI is InChI=1S/C15H18F3N3O4S/c1-20-14-21-8-9(22)10(23)11(25-13(8)26-14)12(15(16,17)18)24-7-4-2-6(19)3-5-7/h2-5,8-13,22-23H,19H2,1H3,(H,20,21)/t8-,9-,10+,11?,12-,13-/m1/s1. The van der Waals surface area contributed by atoms with Crippen LogP contribution in [0.15, 0.2) is 29.3 Å². The van der Waals surface area contributed by atoms with Crippen molar-refractivity contribution in [2.75, 3.05) is 12.8 Å². The van der Waals surface area contributed by atoms with E-state index in [-0.39, 0.29) is 5.75 Å². The van der Waals surface area contributed by atoms with Crippen molar-refractivity contribution in [1.29, 1.82) is 0 Å². The fraction of sp³-hybridized carbons (Fsp3) is 0.533. The van der Waals surface area contributed by atoms with Crippen molar-refractivity contribution in [1.82, 2.24) is 5.32 Å². The summed E-state index contributed by atoms with van der Waals surface area (Å²) < 4.78 is 51.3. The first-order valence-corrected chi connectivity index (χ1v) is 8.59. The second kappa shape index (κ2) is 7.14. The molecule has 0 aliphatic carbocycles. The number of hydrogen-bond donors (Lipinski definition) is 4. The van der Waals surface area contributed by atoms with E-state index in [0.29, 0.717) is 10.9 Å². The average molecular weight is 393 g/mol. The molecule has 0 saturated carbocycles. The minimum atomic E-state index is -4.84. The number of thioether (sulfide) groups is 1. The molecule has 0 aromatic heterocycles. The molecule has 26 heavy (non-hydrogen) atoms. The van der Waals surface area contributed by atoms with Gasteiger partial charge in [0.1, 0.15) is 29.5 Å². The number of rotatable bonds is 3. The minimum Gasteiger partial charge on any atom is -0.478 e. The van der Waals surface area contributed by atoms with Gasteiger partial charge < -0.3 is 30.7 Å². The van der Waals surface area contributed by atoms with Crippen LogP contribution in [-0.2, 0) is 4.74 Å². The Balaban J connectivity index is 1.85. The van der Waals surface area contributed by atoms with Crippen LogP contribution in [0, 0.1) is 0 Å². The molecule has 2 saturated heterocycles. The van der Waals surface area contributed by atoms with Gasteiger partial charge in [0.05, 0.1) is 6.04 Å². The molecule has 2 fully saturated rings. The van der Waals surface area contributed by atoms with E-state index in [0.717, 1.165) is 11.8 Å². The van der Waals surface area contributed by atoms with Gasteiger partial charge in [-0.2, -0.15) is 13.2 Å². The molecule has 144 valence electrons. The third kappa shape index (κ3) is 3.70. The second-order valence-corrected chi connectivity index (χ2v) is 7.00. The Bertz CT molecular complexity index is 673. The van der Waals surface area contributed by atoms with Crippen LogP contribution in [0.5, 0.6) is 5.75 Å². The van der Waals surface area contributed by atoms with E-state index in [9.17, 15) is 23.4 Å². The lowest BCUT2D eigenvalue weighted by atomic mass is 9.94. The van der Waals surface area contributed by atoms with Crippen LogP contribution < -0.4 is 15.8 Å². The summed E-state index contributed by atoms with van der Waals surface area (Å²) in [5.74, 6) is -0.0815. The molecule has 0 bridgehead atoms. The molecule has 7 nitrogen and oxygen atoms in total. The van der Waals surface area contributed by atoms with Gasteiger partial charge in [-0.1, -0.05) is 11.8 Å². The van der Waals surface area contributed by atoms with Gasteiger partial charge in [-0.25, -0.2) is 0 Å². The zero-order valence-corrected chi connectivity index (χ0v) is 14.4. The van der Waals surface area contributed by atoms with Gasteiger partial charge in [0, 0.05) is 12.7 Å². The summed E-state index contributed by atoms with van der Waals surface area (Å²) in [6.45, 7) is 0. The van der Waals surface area contributed by atoms with Gasteiger partial charge in [-0.3, -0.25) is 4.99 Å². The fourth-order valence-electron chi connectivity index (χ4n) is 2.81. The molecule has 0 spiro atoms. The number of hydrogen-bond acceptors (Lipinski definition) is 7. The Morgan fingerprint density at radius 3 is 2.50 bits per heavy atom. The summed E-state index contributed by atoms with van der Waals surface area (Å²) in [6.07, 6.45) is -12.4. The predicted octanol–water partition coefficient (Wildman–Crippen LogP) is 0.716. The van der Waals surface area contributed by atoms with Gasteiger partial charge in [-0.15, -0.1) is 0 Å². The van der Waals surface area contributed by atoms with E-state index in [4.69, 9.17) is 15.2 Å². The maximum absolute atomic E-state index is 13.6. The lowest BCUT2D eigenvalue weighted by molar-refractivity contribution is -0.264. The molecule has 3 rings (SSSR count). The second-order valence-electron chi connectivity index (χ2n) is 5.92. The summed E-state index contributed by atoms with van der Waals surface area (Å²) >= 11 is 1.05. The minimum absolute atomic E-state index is 0.0815. The van der Waals surface area contributed by atoms with Crippen LogP contribution in [0.1, 0.15) is 0 Å². The highest BCUT2D eigenvalue weighted by Gasteiger charge is 2.58. The molecule has 2 aliphatic heterocycles. The van der Waals surface area contributed by atoms with Crippen molar-refractivity contribution in [3.05, 3.63) is 24.3 Å². The normalized spacial score (nSPS) is 34.2. The molecule has 5 N–H and O–H groups in total. The van der Waals surface area contributed by atoms with E-state index in [1.165, 1.54) is 31.3 Å². The Hall–Kier alpha value is -1.69. The van der Waals surface area contributed by atoms with Crippen molar-refractivity contribution >= 4 is 22.6 Å². The Morgan fingerprint density at radius 1 is 1.27 bits per heavy atom. The lowest BCUT2D eigenvalue weighted by Crippen LogP contribution is -2.64. The van der Waals surface area contributed by atoms with Gasteiger partial charge in [-0.05, 0) is 24.3 Å².